The highest BCUT2D eigenvalue weighted by Crippen LogP contribution is 2.21. The van der Waals surface area contributed by atoms with Gasteiger partial charge in [-0.2, -0.15) is 0 Å². The molecule has 3 nitrogen and oxygen atoms in total. The van der Waals surface area contributed by atoms with Crippen molar-refractivity contribution in [2.75, 3.05) is 18.6 Å². The van der Waals surface area contributed by atoms with E-state index in [0.29, 0.717) is 0 Å². The van der Waals surface area contributed by atoms with Gasteiger partial charge < -0.3 is 9.64 Å². The van der Waals surface area contributed by atoms with E-state index in [1.807, 2.05) is 24.3 Å². The average Bonchev–Trinajstić information content (AvgIpc) is 2.34. The summed E-state index contributed by atoms with van der Waals surface area (Å²) in [6.45, 7) is 4.53. The second-order valence-corrected chi connectivity index (χ2v) is 4.08. The summed E-state index contributed by atoms with van der Waals surface area (Å²) in [7, 11) is 1.63. The van der Waals surface area contributed by atoms with E-state index in [1.54, 1.807) is 18.9 Å². The van der Waals surface area contributed by atoms with E-state index >= 15 is 0 Å². The second kappa shape index (κ2) is 6.94. The predicted molar refractivity (Wildman–Crippen MR) is 70.5 cm³/mol. The molecular formula is C14H21NO2. The Morgan fingerprint density at radius 1 is 1.35 bits per heavy atom. The molecule has 0 spiro atoms. The second-order valence-electron chi connectivity index (χ2n) is 4.08. The Balaban J connectivity index is 2.78. The van der Waals surface area contributed by atoms with Gasteiger partial charge in [0, 0.05) is 25.2 Å². The molecular weight excluding hydrogens is 214 g/mol. The van der Waals surface area contributed by atoms with Gasteiger partial charge in [-0.15, -0.1) is 0 Å². The first-order valence-electron chi connectivity index (χ1n) is 6.11. The highest BCUT2D eigenvalue weighted by atomic mass is 16.5. The van der Waals surface area contributed by atoms with Crippen LogP contribution in [0.3, 0.4) is 0 Å². The van der Waals surface area contributed by atoms with Crippen molar-refractivity contribution in [1.29, 1.82) is 0 Å². The van der Waals surface area contributed by atoms with Crippen LogP contribution >= 0.6 is 0 Å². The molecule has 0 radical (unpaired) electrons. The Morgan fingerprint density at radius 2 is 2.12 bits per heavy atom. The monoisotopic (exact) mass is 235 g/mol. The third kappa shape index (κ3) is 4.10. The summed E-state index contributed by atoms with van der Waals surface area (Å²) in [5.74, 6) is 0.860. The van der Waals surface area contributed by atoms with Crippen LogP contribution in [0.5, 0.6) is 5.75 Å². The smallest absolute Gasteiger partial charge is 0.223 e. The molecule has 1 aromatic carbocycles. The molecule has 0 atom stereocenters. The number of hydrogen-bond donors (Lipinski definition) is 0. The predicted octanol–water partition coefficient (Wildman–Crippen LogP) is 3.24. The van der Waals surface area contributed by atoms with Gasteiger partial charge in [0.2, 0.25) is 5.91 Å². The summed E-state index contributed by atoms with van der Waals surface area (Å²) >= 11 is 0. The number of rotatable bonds is 6. The molecule has 17 heavy (non-hydrogen) atoms. The minimum atomic E-state index is 0.0781. The minimum Gasteiger partial charge on any atom is -0.497 e. The Labute approximate surface area is 103 Å². The maximum absolute atomic E-state index is 11.6. The van der Waals surface area contributed by atoms with Crippen LogP contribution in [-0.4, -0.2) is 19.6 Å². The first-order chi connectivity index (χ1) is 8.19. The number of anilines is 1. The third-order valence-electron chi connectivity index (χ3n) is 2.73. The molecule has 0 aromatic heterocycles. The Hall–Kier alpha value is -1.51. The van der Waals surface area contributed by atoms with Crippen molar-refractivity contribution in [3.05, 3.63) is 24.3 Å². The molecule has 1 rings (SSSR count). The Bertz CT molecular complexity index is 363. The number of unbranched alkanes of at least 4 members (excludes halogenated alkanes) is 2. The zero-order chi connectivity index (χ0) is 12.7. The molecule has 3 heteroatoms. The van der Waals surface area contributed by atoms with Crippen LogP contribution in [-0.2, 0) is 4.79 Å². The van der Waals surface area contributed by atoms with Crippen LogP contribution in [0.25, 0.3) is 0 Å². The van der Waals surface area contributed by atoms with E-state index < -0.39 is 0 Å². The lowest BCUT2D eigenvalue weighted by Gasteiger charge is -2.21. The highest BCUT2D eigenvalue weighted by molar-refractivity contribution is 5.91. The molecule has 0 fully saturated rings. The number of nitrogens with zero attached hydrogens (tertiary/aromatic N) is 1. The van der Waals surface area contributed by atoms with Gasteiger partial charge >= 0.3 is 0 Å². The van der Waals surface area contributed by atoms with Crippen LogP contribution < -0.4 is 9.64 Å². The van der Waals surface area contributed by atoms with Gasteiger partial charge in [-0.1, -0.05) is 25.8 Å². The van der Waals surface area contributed by atoms with Crippen LogP contribution in [0.2, 0.25) is 0 Å². The average molecular weight is 235 g/mol. The Kier molecular flexibility index (Phi) is 5.53. The van der Waals surface area contributed by atoms with E-state index in [1.165, 1.54) is 0 Å². The zero-order valence-corrected chi connectivity index (χ0v) is 10.9. The van der Waals surface area contributed by atoms with E-state index in [-0.39, 0.29) is 5.91 Å². The SMILES string of the molecule is CCCCCN(C(C)=O)c1cccc(OC)c1. The Morgan fingerprint density at radius 3 is 2.71 bits per heavy atom. The summed E-state index contributed by atoms with van der Waals surface area (Å²) in [5.41, 5.74) is 0.910. The lowest BCUT2D eigenvalue weighted by atomic mass is 10.2. The molecule has 0 aliphatic carbocycles. The number of hydrogen-bond acceptors (Lipinski definition) is 2. The zero-order valence-electron chi connectivity index (χ0n) is 10.9. The largest absolute Gasteiger partial charge is 0.497 e. The number of benzene rings is 1. The summed E-state index contributed by atoms with van der Waals surface area (Å²) in [4.78, 5) is 13.4. The summed E-state index contributed by atoms with van der Waals surface area (Å²) < 4.78 is 5.17. The molecule has 0 N–H and O–H groups in total. The molecule has 94 valence electrons. The lowest BCUT2D eigenvalue weighted by molar-refractivity contribution is -0.116. The minimum absolute atomic E-state index is 0.0781. The van der Waals surface area contributed by atoms with Crippen molar-refractivity contribution < 1.29 is 9.53 Å². The summed E-state index contributed by atoms with van der Waals surface area (Å²) in [6, 6.07) is 7.63. The fraction of sp³-hybridized carbons (Fsp3) is 0.500. The van der Waals surface area contributed by atoms with Crippen molar-refractivity contribution in [3.63, 3.8) is 0 Å². The quantitative estimate of drug-likeness (QED) is 0.708. The fourth-order valence-corrected chi connectivity index (χ4v) is 1.77. The molecule has 0 saturated carbocycles. The standard InChI is InChI=1S/C14H21NO2/c1-4-5-6-10-15(12(2)16)13-8-7-9-14(11-13)17-3/h7-9,11H,4-6,10H2,1-3H3. The molecule has 0 aliphatic rings. The van der Waals surface area contributed by atoms with Crippen molar-refractivity contribution >= 4 is 11.6 Å². The molecule has 0 heterocycles. The number of ether oxygens (including phenoxy) is 1. The molecule has 0 bridgehead atoms. The van der Waals surface area contributed by atoms with E-state index in [2.05, 4.69) is 6.92 Å². The van der Waals surface area contributed by atoms with Crippen molar-refractivity contribution in [2.24, 2.45) is 0 Å². The summed E-state index contributed by atoms with van der Waals surface area (Å²) in [6.07, 6.45) is 3.34. The van der Waals surface area contributed by atoms with Gasteiger partial charge in [-0.3, -0.25) is 4.79 Å². The molecule has 0 saturated heterocycles. The van der Waals surface area contributed by atoms with Crippen molar-refractivity contribution in [1.82, 2.24) is 0 Å². The topological polar surface area (TPSA) is 29.5 Å². The molecule has 1 aromatic rings. The maximum Gasteiger partial charge on any atom is 0.223 e. The van der Waals surface area contributed by atoms with Gasteiger partial charge in [-0.05, 0) is 18.6 Å². The normalized spacial score (nSPS) is 10.1. The van der Waals surface area contributed by atoms with Gasteiger partial charge in [-0.25, -0.2) is 0 Å². The lowest BCUT2D eigenvalue weighted by Crippen LogP contribution is -2.29. The number of carbonyl (C=O) groups is 1. The van der Waals surface area contributed by atoms with Gasteiger partial charge in [0.25, 0.3) is 0 Å². The molecule has 0 aliphatic heterocycles. The molecule has 0 unspecified atom stereocenters. The maximum atomic E-state index is 11.6. The van der Waals surface area contributed by atoms with Gasteiger partial charge in [0.1, 0.15) is 5.75 Å². The third-order valence-corrected chi connectivity index (χ3v) is 2.73. The van der Waals surface area contributed by atoms with E-state index in [0.717, 1.165) is 37.2 Å². The number of amides is 1. The van der Waals surface area contributed by atoms with Crippen molar-refractivity contribution in [3.8, 4) is 5.75 Å². The number of carbonyl (C=O) groups excluding carboxylic acids is 1. The molecule has 1 amide bonds. The van der Waals surface area contributed by atoms with E-state index in [4.69, 9.17) is 4.74 Å². The van der Waals surface area contributed by atoms with Gasteiger partial charge in [0.05, 0.1) is 7.11 Å². The van der Waals surface area contributed by atoms with Crippen LogP contribution in [0.4, 0.5) is 5.69 Å². The summed E-state index contributed by atoms with van der Waals surface area (Å²) in [5, 5.41) is 0. The fourth-order valence-electron chi connectivity index (χ4n) is 1.77. The van der Waals surface area contributed by atoms with Crippen LogP contribution in [0.15, 0.2) is 24.3 Å². The first-order valence-corrected chi connectivity index (χ1v) is 6.11. The van der Waals surface area contributed by atoms with Crippen LogP contribution in [0.1, 0.15) is 33.1 Å². The first kappa shape index (κ1) is 13.6. The van der Waals surface area contributed by atoms with E-state index in [9.17, 15) is 4.79 Å². The highest BCUT2D eigenvalue weighted by Gasteiger charge is 2.11. The van der Waals surface area contributed by atoms with Crippen LogP contribution in [0, 0.1) is 0 Å². The number of methoxy groups -OCH3 is 1. The van der Waals surface area contributed by atoms with Gasteiger partial charge in [0.15, 0.2) is 0 Å². The van der Waals surface area contributed by atoms with Crippen molar-refractivity contribution in [2.45, 2.75) is 33.1 Å².